The minimum absolute atomic E-state index is 0.156. The molecule has 144 valence electrons. The van der Waals surface area contributed by atoms with Crippen molar-refractivity contribution in [3.05, 3.63) is 65.2 Å². The Morgan fingerprint density at radius 1 is 0.963 bits per heavy atom. The quantitative estimate of drug-likeness (QED) is 0.722. The maximum atomic E-state index is 12.1. The maximum Gasteiger partial charge on any atom is 0.335 e. The van der Waals surface area contributed by atoms with Crippen LogP contribution in [0.3, 0.4) is 0 Å². The lowest BCUT2D eigenvalue weighted by atomic mass is 10.1. The van der Waals surface area contributed by atoms with Crippen molar-refractivity contribution in [2.24, 2.45) is 0 Å². The lowest BCUT2D eigenvalue weighted by Gasteiger charge is -2.09. The van der Waals surface area contributed by atoms with Crippen LogP contribution in [0.4, 0.5) is 0 Å². The third-order valence-corrected chi connectivity index (χ3v) is 6.34. The van der Waals surface area contributed by atoms with Gasteiger partial charge in [0, 0.05) is 6.54 Å². The van der Waals surface area contributed by atoms with Crippen LogP contribution < -0.4 is 5.32 Å². The Bertz CT molecular complexity index is 900. The van der Waals surface area contributed by atoms with Crippen molar-refractivity contribution in [1.29, 1.82) is 0 Å². The highest BCUT2D eigenvalue weighted by molar-refractivity contribution is 7.92. The van der Waals surface area contributed by atoms with E-state index in [9.17, 15) is 18.0 Å². The molecule has 0 fully saturated rings. The molecule has 0 aliphatic carbocycles. The minimum Gasteiger partial charge on any atom is -0.478 e. The molecule has 0 atom stereocenters. The standard InChI is InChI=1S/C20H23NO5S/c1-14(2)27(25,26)18-9-5-16(6-10-18)13-19(22)21-12-11-15-3-7-17(8-4-15)20(23)24/h3-10,14H,11-13H2,1-2H3,(H,21,22)(H,23,24). The van der Waals surface area contributed by atoms with Crippen molar-refractivity contribution < 1.29 is 23.1 Å². The molecule has 0 radical (unpaired) electrons. The van der Waals surface area contributed by atoms with Gasteiger partial charge in [-0.3, -0.25) is 4.79 Å². The SMILES string of the molecule is CC(C)S(=O)(=O)c1ccc(CC(=O)NCCc2ccc(C(=O)O)cc2)cc1. The summed E-state index contributed by atoms with van der Waals surface area (Å²) in [5, 5.41) is 11.2. The van der Waals surface area contributed by atoms with Crippen molar-refractivity contribution in [1.82, 2.24) is 5.32 Å². The van der Waals surface area contributed by atoms with E-state index in [1.807, 2.05) is 0 Å². The highest BCUT2D eigenvalue weighted by atomic mass is 32.2. The van der Waals surface area contributed by atoms with E-state index in [1.165, 1.54) is 24.3 Å². The molecule has 0 spiro atoms. The van der Waals surface area contributed by atoms with Gasteiger partial charge in [-0.25, -0.2) is 13.2 Å². The first kappa shape index (κ1) is 20.6. The van der Waals surface area contributed by atoms with Crippen molar-refractivity contribution >= 4 is 21.7 Å². The second kappa shape index (κ2) is 8.81. The first-order chi connectivity index (χ1) is 12.7. The number of carbonyl (C=O) groups is 2. The second-order valence-corrected chi connectivity index (χ2v) is 9.02. The Labute approximate surface area is 159 Å². The fraction of sp³-hybridized carbons (Fsp3) is 0.300. The zero-order chi connectivity index (χ0) is 20.0. The molecule has 2 aromatic carbocycles. The number of hydrogen-bond acceptors (Lipinski definition) is 4. The molecular weight excluding hydrogens is 366 g/mol. The summed E-state index contributed by atoms with van der Waals surface area (Å²) < 4.78 is 24.2. The number of nitrogens with one attached hydrogen (secondary N) is 1. The second-order valence-electron chi connectivity index (χ2n) is 6.52. The third-order valence-electron chi connectivity index (χ3n) is 4.17. The number of benzene rings is 2. The number of aromatic carboxylic acids is 1. The number of sulfone groups is 1. The van der Waals surface area contributed by atoms with Crippen molar-refractivity contribution in [2.75, 3.05) is 6.54 Å². The summed E-state index contributed by atoms with van der Waals surface area (Å²) in [4.78, 5) is 23.1. The van der Waals surface area contributed by atoms with Crippen molar-refractivity contribution in [3.63, 3.8) is 0 Å². The van der Waals surface area contributed by atoms with E-state index >= 15 is 0 Å². The molecule has 2 N–H and O–H groups in total. The van der Waals surface area contributed by atoms with Crippen LogP contribution in [0.5, 0.6) is 0 Å². The zero-order valence-corrected chi connectivity index (χ0v) is 16.1. The molecule has 0 saturated heterocycles. The van der Waals surface area contributed by atoms with Gasteiger partial charge in [0.1, 0.15) is 0 Å². The Balaban J connectivity index is 1.84. The molecule has 2 rings (SSSR count). The van der Waals surface area contributed by atoms with Gasteiger partial charge in [0.2, 0.25) is 5.91 Å². The fourth-order valence-corrected chi connectivity index (χ4v) is 3.54. The summed E-state index contributed by atoms with van der Waals surface area (Å²) in [6, 6.07) is 12.9. The summed E-state index contributed by atoms with van der Waals surface area (Å²) in [6.07, 6.45) is 0.761. The van der Waals surface area contributed by atoms with Gasteiger partial charge in [0.05, 0.1) is 22.1 Å². The molecule has 6 nitrogen and oxygen atoms in total. The van der Waals surface area contributed by atoms with Gasteiger partial charge in [-0.15, -0.1) is 0 Å². The molecule has 0 aromatic heterocycles. The van der Waals surface area contributed by atoms with E-state index in [4.69, 9.17) is 5.11 Å². The molecule has 0 saturated carbocycles. The van der Waals surface area contributed by atoms with Crippen molar-refractivity contribution in [3.8, 4) is 0 Å². The maximum absolute atomic E-state index is 12.1. The Morgan fingerprint density at radius 2 is 1.52 bits per heavy atom. The highest BCUT2D eigenvalue weighted by Gasteiger charge is 2.18. The number of carboxylic acid groups (broad SMARTS) is 1. The number of carbonyl (C=O) groups excluding carboxylic acids is 1. The molecule has 0 bridgehead atoms. The summed E-state index contributed by atoms with van der Waals surface area (Å²) in [7, 11) is -3.31. The smallest absolute Gasteiger partial charge is 0.335 e. The number of hydrogen-bond donors (Lipinski definition) is 2. The molecule has 0 aliphatic rings. The van der Waals surface area contributed by atoms with Gasteiger partial charge in [-0.2, -0.15) is 0 Å². The van der Waals surface area contributed by atoms with E-state index in [2.05, 4.69) is 5.32 Å². The van der Waals surface area contributed by atoms with Gasteiger partial charge in [-0.1, -0.05) is 24.3 Å². The predicted octanol–water partition coefficient (Wildman–Crippen LogP) is 2.47. The Kier molecular flexibility index (Phi) is 6.74. The molecule has 27 heavy (non-hydrogen) atoms. The molecule has 7 heteroatoms. The van der Waals surface area contributed by atoms with Gasteiger partial charge in [-0.05, 0) is 55.7 Å². The monoisotopic (exact) mass is 389 g/mol. The van der Waals surface area contributed by atoms with Gasteiger partial charge >= 0.3 is 5.97 Å². The molecule has 0 aliphatic heterocycles. The predicted molar refractivity (Wildman–Crippen MR) is 103 cm³/mol. The van der Waals surface area contributed by atoms with Crippen LogP contribution in [0.1, 0.15) is 35.3 Å². The van der Waals surface area contributed by atoms with E-state index in [0.717, 1.165) is 11.1 Å². The van der Waals surface area contributed by atoms with E-state index in [0.29, 0.717) is 13.0 Å². The van der Waals surface area contributed by atoms with E-state index < -0.39 is 21.1 Å². The lowest BCUT2D eigenvalue weighted by Crippen LogP contribution is -2.27. The van der Waals surface area contributed by atoms with Gasteiger partial charge in [0.25, 0.3) is 0 Å². The summed E-state index contributed by atoms with van der Waals surface area (Å²) in [5.74, 6) is -1.13. The number of amides is 1. The van der Waals surface area contributed by atoms with Crippen LogP contribution in [0.2, 0.25) is 0 Å². The largest absolute Gasteiger partial charge is 0.478 e. The molecule has 0 unspecified atom stereocenters. The van der Waals surface area contributed by atoms with Crippen LogP contribution in [0, 0.1) is 0 Å². The lowest BCUT2D eigenvalue weighted by molar-refractivity contribution is -0.120. The first-order valence-electron chi connectivity index (χ1n) is 8.62. The van der Waals surface area contributed by atoms with Crippen LogP contribution in [0.15, 0.2) is 53.4 Å². The fourth-order valence-electron chi connectivity index (χ4n) is 2.48. The summed E-state index contributed by atoms with van der Waals surface area (Å²) in [5.41, 5.74) is 1.90. The zero-order valence-electron chi connectivity index (χ0n) is 15.3. The molecule has 1 amide bonds. The Hall–Kier alpha value is -2.67. The molecule has 2 aromatic rings. The van der Waals surface area contributed by atoms with Gasteiger partial charge < -0.3 is 10.4 Å². The topological polar surface area (TPSA) is 101 Å². The first-order valence-corrected chi connectivity index (χ1v) is 10.2. The van der Waals surface area contributed by atoms with Gasteiger partial charge in [0.15, 0.2) is 9.84 Å². The minimum atomic E-state index is -3.31. The van der Waals surface area contributed by atoms with Crippen LogP contribution in [-0.2, 0) is 27.5 Å². The molecule has 0 heterocycles. The third kappa shape index (κ3) is 5.65. The van der Waals surface area contributed by atoms with E-state index in [1.54, 1.807) is 38.1 Å². The average Bonchev–Trinajstić information content (AvgIpc) is 2.62. The van der Waals surface area contributed by atoms with E-state index in [-0.39, 0.29) is 22.8 Å². The normalized spacial score (nSPS) is 11.4. The number of rotatable bonds is 8. The Morgan fingerprint density at radius 3 is 2.04 bits per heavy atom. The van der Waals surface area contributed by atoms with Crippen molar-refractivity contribution in [2.45, 2.75) is 36.8 Å². The summed E-state index contributed by atoms with van der Waals surface area (Å²) >= 11 is 0. The molecular formula is C20H23NO5S. The van der Waals surface area contributed by atoms with Crippen LogP contribution in [-0.4, -0.2) is 37.2 Å². The summed E-state index contributed by atoms with van der Waals surface area (Å²) in [6.45, 7) is 3.70. The average molecular weight is 389 g/mol. The van der Waals surface area contributed by atoms with Crippen LogP contribution in [0.25, 0.3) is 0 Å². The number of carboxylic acids is 1. The highest BCUT2D eigenvalue weighted by Crippen LogP contribution is 2.16. The van der Waals surface area contributed by atoms with Crippen LogP contribution >= 0.6 is 0 Å².